The molecule has 3 N–H and O–H groups in total. The minimum absolute atomic E-state index is 0.823. The summed E-state index contributed by atoms with van der Waals surface area (Å²) in [7, 11) is 0. The second kappa shape index (κ2) is 6.12. The lowest BCUT2D eigenvalue weighted by atomic mass is 10.2. The second-order valence-electron chi connectivity index (χ2n) is 3.80. The summed E-state index contributed by atoms with van der Waals surface area (Å²) in [6.07, 6.45) is 5.38. The molecule has 1 aromatic carbocycles. The van der Waals surface area contributed by atoms with Gasteiger partial charge in [0.1, 0.15) is 0 Å². The molecule has 1 aromatic rings. The molecule has 0 heterocycles. The van der Waals surface area contributed by atoms with Crippen molar-refractivity contribution in [2.24, 2.45) is 0 Å². The highest BCUT2D eigenvalue weighted by atomic mass is 14.9. The molecule has 0 unspecified atom stereocenters. The lowest BCUT2D eigenvalue weighted by Crippen LogP contribution is -2.04. The van der Waals surface area contributed by atoms with Gasteiger partial charge in [0.25, 0.3) is 0 Å². The number of allylic oxidation sites excluding steroid dienone is 1. The summed E-state index contributed by atoms with van der Waals surface area (Å²) >= 11 is 0. The standard InChI is InChI=1S/C13H20N2/c1-3-4-5-6-9-15-13-10-11(2)7-8-12(13)14/h3,7-8,10,15H,1,4-6,9,14H2,2H3. The first-order valence-electron chi connectivity index (χ1n) is 5.45. The predicted molar refractivity (Wildman–Crippen MR) is 68.1 cm³/mol. The Morgan fingerprint density at radius 2 is 2.20 bits per heavy atom. The van der Waals surface area contributed by atoms with Crippen LogP contribution >= 0.6 is 0 Å². The number of benzene rings is 1. The van der Waals surface area contributed by atoms with Crippen LogP contribution in [0.15, 0.2) is 30.9 Å². The molecule has 0 spiro atoms. The first-order chi connectivity index (χ1) is 7.24. The summed E-state index contributed by atoms with van der Waals surface area (Å²) in [4.78, 5) is 0. The van der Waals surface area contributed by atoms with Crippen molar-refractivity contribution in [3.05, 3.63) is 36.4 Å². The third-order valence-corrected chi connectivity index (χ3v) is 2.36. The van der Waals surface area contributed by atoms with Crippen molar-refractivity contribution in [3.63, 3.8) is 0 Å². The number of hydrogen-bond acceptors (Lipinski definition) is 2. The van der Waals surface area contributed by atoms with Gasteiger partial charge in [-0.2, -0.15) is 0 Å². The van der Waals surface area contributed by atoms with Crippen LogP contribution in [0.3, 0.4) is 0 Å². The molecule has 1 rings (SSSR count). The van der Waals surface area contributed by atoms with Crippen LogP contribution in [0.25, 0.3) is 0 Å². The van der Waals surface area contributed by atoms with E-state index in [0.717, 1.165) is 30.8 Å². The van der Waals surface area contributed by atoms with Gasteiger partial charge in [-0.3, -0.25) is 0 Å². The van der Waals surface area contributed by atoms with Crippen LogP contribution in [-0.2, 0) is 0 Å². The molecule has 82 valence electrons. The highest BCUT2D eigenvalue weighted by Crippen LogP contribution is 2.19. The number of aryl methyl sites for hydroxylation is 1. The van der Waals surface area contributed by atoms with Crippen molar-refractivity contribution in [2.75, 3.05) is 17.6 Å². The van der Waals surface area contributed by atoms with Crippen molar-refractivity contribution in [1.29, 1.82) is 0 Å². The Morgan fingerprint density at radius 1 is 1.40 bits per heavy atom. The zero-order chi connectivity index (χ0) is 11.1. The maximum absolute atomic E-state index is 5.85. The molecule has 0 aromatic heterocycles. The summed E-state index contributed by atoms with van der Waals surface area (Å²) in [5, 5.41) is 3.35. The van der Waals surface area contributed by atoms with Crippen LogP contribution in [0.2, 0.25) is 0 Å². The molecule has 0 aliphatic carbocycles. The zero-order valence-electron chi connectivity index (χ0n) is 9.42. The van der Waals surface area contributed by atoms with E-state index in [-0.39, 0.29) is 0 Å². The molecule has 0 saturated heterocycles. The molecular formula is C13H20N2. The molecule has 0 aliphatic heterocycles. The maximum Gasteiger partial charge on any atom is 0.0576 e. The quantitative estimate of drug-likeness (QED) is 0.423. The fourth-order valence-electron chi connectivity index (χ4n) is 1.46. The van der Waals surface area contributed by atoms with Gasteiger partial charge in [0, 0.05) is 6.54 Å². The molecule has 15 heavy (non-hydrogen) atoms. The molecule has 0 saturated carbocycles. The van der Waals surface area contributed by atoms with Crippen LogP contribution in [0.4, 0.5) is 11.4 Å². The van der Waals surface area contributed by atoms with Gasteiger partial charge >= 0.3 is 0 Å². The Bertz CT molecular complexity index is 318. The van der Waals surface area contributed by atoms with Crippen molar-refractivity contribution in [1.82, 2.24) is 0 Å². The predicted octanol–water partition coefficient (Wildman–Crippen LogP) is 3.35. The lowest BCUT2D eigenvalue weighted by Gasteiger charge is -2.09. The average molecular weight is 204 g/mol. The number of unbranched alkanes of at least 4 members (excludes halogenated alkanes) is 2. The fraction of sp³-hybridized carbons (Fsp3) is 0.385. The monoisotopic (exact) mass is 204 g/mol. The van der Waals surface area contributed by atoms with E-state index in [1.807, 2.05) is 18.2 Å². The van der Waals surface area contributed by atoms with Gasteiger partial charge < -0.3 is 11.1 Å². The fourth-order valence-corrected chi connectivity index (χ4v) is 1.46. The summed E-state index contributed by atoms with van der Waals surface area (Å²) in [6, 6.07) is 6.06. The van der Waals surface area contributed by atoms with Crippen molar-refractivity contribution < 1.29 is 0 Å². The van der Waals surface area contributed by atoms with Crippen LogP contribution < -0.4 is 11.1 Å². The third-order valence-electron chi connectivity index (χ3n) is 2.36. The number of nitrogen functional groups attached to an aromatic ring is 1. The molecule has 0 fully saturated rings. The molecule has 2 nitrogen and oxygen atoms in total. The first-order valence-corrected chi connectivity index (χ1v) is 5.45. The lowest BCUT2D eigenvalue weighted by molar-refractivity contribution is 0.780. The smallest absolute Gasteiger partial charge is 0.0576 e. The van der Waals surface area contributed by atoms with Gasteiger partial charge in [-0.1, -0.05) is 12.1 Å². The van der Waals surface area contributed by atoms with Gasteiger partial charge in [0.15, 0.2) is 0 Å². The summed E-state index contributed by atoms with van der Waals surface area (Å²) in [6.45, 7) is 6.75. The van der Waals surface area contributed by atoms with E-state index in [1.165, 1.54) is 12.0 Å². The van der Waals surface area contributed by atoms with E-state index in [0.29, 0.717) is 0 Å². The Balaban J connectivity index is 2.36. The number of hydrogen-bond donors (Lipinski definition) is 2. The number of rotatable bonds is 6. The Hall–Kier alpha value is -1.44. The van der Waals surface area contributed by atoms with E-state index in [1.54, 1.807) is 0 Å². The van der Waals surface area contributed by atoms with Crippen molar-refractivity contribution in [3.8, 4) is 0 Å². The molecule has 0 radical (unpaired) electrons. The number of nitrogens with one attached hydrogen (secondary N) is 1. The molecule has 2 heteroatoms. The summed E-state index contributed by atoms with van der Waals surface area (Å²) in [5.74, 6) is 0. The largest absolute Gasteiger partial charge is 0.397 e. The number of nitrogens with two attached hydrogens (primary N) is 1. The van der Waals surface area contributed by atoms with Gasteiger partial charge in [-0.05, 0) is 43.9 Å². The van der Waals surface area contributed by atoms with Crippen LogP contribution in [0, 0.1) is 6.92 Å². The van der Waals surface area contributed by atoms with E-state index in [9.17, 15) is 0 Å². The normalized spacial score (nSPS) is 9.93. The SMILES string of the molecule is C=CCCCCNc1cc(C)ccc1N. The Labute approximate surface area is 92.2 Å². The Morgan fingerprint density at radius 3 is 2.93 bits per heavy atom. The maximum atomic E-state index is 5.85. The van der Waals surface area contributed by atoms with Gasteiger partial charge in [0.2, 0.25) is 0 Å². The second-order valence-corrected chi connectivity index (χ2v) is 3.80. The van der Waals surface area contributed by atoms with E-state index < -0.39 is 0 Å². The molecule has 0 atom stereocenters. The Kier molecular flexibility index (Phi) is 4.75. The average Bonchev–Trinajstić information content (AvgIpc) is 2.23. The summed E-state index contributed by atoms with van der Waals surface area (Å²) < 4.78 is 0. The molecule has 0 bridgehead atoms. The van der Waals surface area contributed by atoms with E-state index in [2.05, 4.69) is 24.9 Å². The van der Waals surface area contributed by atoms with Crippen LogP contribution in [0.5, 0.6) is 0 Å². The van der Waals surface area contributed by atoms with Gasteiger partial charge in [-0.25, -0.2) is 0 Å². The third kappa shape index (κ3) is 4.07. The van der Waals surface area contributed by atoms with Crippen molar-refractivity contribution in [2.45, 2.75) is 26.2 Å². The van der Waals surface area contributed by atoms with Gasteiger partial charge in [0.05, 0.1) is 11.4 Å². The molecule has 0 amide bonds. The minimum atomic E-state index is 0.823. The summed E-state index contributed by atoms with van der Waals surface area (Å²) in [5.41, 5.74) is 8.96. The van der Waals surface area contributed by atoms with E-state index in [4.69, 9.17) is 5.73 Å². The first kappa shape index (κ1) is 11.6. The molecular weight excluding hydrogens is 184 g/mol. The van der Waals surface area contributed by atoms with Crippen LogP contribution in [0.1, 0.15) is 24.8 Å². The van der Waals surface area contributed by atoms with Gasteiger partial charge in [-0.15, -0.1) is 6.58 Å². The topological polar surface area (TPSA) is 38.0 Å². The highest BCUT2D eigenvalue weighted by Gasteiger charge is 1.97. The van der Waals surface area contributed by atoms with Crippen molar-refractivity contribution >= 4 is 11.4 Å². The number of anilines is 2. The van der Waals surface area contributed by atoms with E-state index >= 15 is 0 Å². The minimum Gasteiger partial charge on any atom is -0.397 e. The highest BCUT2D eigenvalue weighted by molar-refractivity contribution is 5.66. The van der Waals surface area contributed by atoms with Crippen LogP contribution in [-0.4, -0.2) is 6.54 Å². The molecule has 0 aliphatic rings. The zero-order valence-corrected chi connectivity index (χ0v) is 9.42.